The van der Waals surface area contributed by atoms with Gasteiger partial charge in [0.1, 0.15) is 0 Å². The van der Waals surface area contributed by atoms with Crippen molar-refractivity contribution in [3.05, 3.63) is 41.9 Å². The Kier molecular flexibility index (Phi) is 4.20. The fourth-order valence-electron chi connectivity index (χ4n) is 1.86. The number of aromatic nitrogens is 1. The summed E-state index contributed by atoms with van der Waals surface area (Å²) in [5.74, 6) is 0. The highest BCUT2D eigenvalue weighted by atomic mass is 31.2. The lowest BCUT2D eigenvalue weighted by atomic mass is 10.2. The number of hydrogen-bond acceptors (Lipinski definition) is 4. The van der Waals surface area contributed by atoms with Crippen LogP contribution in [0.3, 0.4) is 0 Å². The van der Waals surface area contributed by atoms with Crippen LogP contribution in [0, 0.1) is 5.21 Å². The lowest BCUT2D eigenvalue weighted by Crippen LogP contribution is -2.24. The molecule has 5 nitrogen and oxygen atoms in total. The summed E-state index contributed by atoms with van der Waals surface area (Å²) in [6.07, 6.45) is 2.85. The zero-order chi connectivity index (χ0) is 13.9. The molecule has 2 rings (SSSR count). The van der Waals surface area contributed by atoms with Crippen LogP contribution in [0.1, 0.15) is 13.8 Å². The Hall–Kier alpha value is -1.42. The van der Waals surface area contributed by atoms with Crippen molar-refractivity contribution in [1.82, 2.24) is 0 Å². The highest BCUT2D eigenvalue weighted by molar-refractivity contribution is 7.62. The van der Waals surface area contributed by atoms with E-state index in [1.807, 2.05) is 0 Å². The van der Waals surface area contributed by atoms with E-state index in [1.165, 1.54) is 12.4 Å². The van der Waals surface area contributed by atoms with Crippen LogP contribution in [0.2, 0.25) is 0 Å². The van der Waals surface area contributed by atoms with Crippen LogP contribution in [0.15, 0.2) is 36.7 Å². The summed E-state index contributed by atoms with van der Waals surface area (Å²) >= 11 is 0. The minimum atomic E-state index is -3.30. The van der Waals surface area contributed by atoms with Gasteiger partial charge < -0.3 is 14.3 Å². The van der Waals surface area contributed by atoms with Crippen molar-refractivity contribution in [3.63, 3.8) is 0 Å². The van der Waals surface area contributed by atoms with Crippen LogP contribution in [-0.4, -0.2) is 13.2 Å². The fraction of sp³-hybridized carbons (Fsp3) is 0.308. The molecule has 0 atom stereocenters. The molecule has 1 heterocycles. The predicted octanol–water partition coefficient (Wildman–Crippen LogP) is 2.36. The molecule has 1 aromatic carbocycles. The second-order valence-electron chi connectivity index (χ2n) is 3.95. The highest BCUT2D eigenvalue weighted by Gasteiger charge is 2.26. The maximum Gasteiger partial charge on any atom is 0.361 e. The normalized spacial score (nSPS) is 11.9. The van der Waals surface area contributed by atoms with Crippen LogP contribution >= 0.6 is 7.60 Å². The molecule has 0 N–H and O–H groups in total. The van der Waals surface area contributed by atoms with Gasteiger partial charge in [0.15, 0.2) is 12.4 Å². The quantitative estimate of drug-likeness (QED) is 0.479. The number of fused-ring (bicyclic) bond motifs is 1. The van der Waals surface area contributed by atoms with E-state index < -0.39 is 7.60 Å². The fourth-order valence-corrected chi connectivity index (χ4v) is 3.46. The molecule has 0 saturated heterocycles. The maximum absolute atomic E-state index is 12.6. The van der Waals surface area contributed by atoms with E-state index in [0.717, 1.165) is 5.39 Å². The van der Waals surface area contributed by atoms with Crippen LogP contribution in [0.25, 0.3) is 10.8 Å². The van der Waals surface area contributed by atoms with E-state index in [1.54, 1.807) is 38.1 Å². The molecule has 0 bridgehead atoms. The summed E-state index contributed by atoms with van der Waals surface area (Å²) in [7, 11) is -3.30. The molecule has 0 aliphatic carbocycles. The first-order valence-corrected chi connectivity index (χ1v) is 7.65. The van der Waals surface area contributed by atoms with Crippen LogP contribution in [0.4, 0.5) is 0 Å². The van der Waals surface area contributed by atoms with Crippen LogP contribution in [0.5, 0.6) is 0 Å². The third-order valence-electron chi connectivity index (χ3n) is 2.65. The van der Waals surface area contributed by atoms with Crippen molar-refractivity contribution in [2.45, 2.75) is 13.8 Å². The summed E-state index contributed by atoms with van der Waals surface area (Å²) in [4.78, 5) is 0. The van der Waals surface area contributed by atoms with Gasteiger partial charge in [-0.15, -0.1) is 0 Å². The number of benzene rings is 1. The summed E-state index contributed by atoms with van der Waals surface area (Å²) in [6.45, 7) is 4.12. The molecule has 0 radical (unpaired) electrons. The number of pyridine rings is 1. The van der Waals surface area contributed by atoms with Gasteiger partial charge in [-0.2, -0.15) is 4.73 Å². The second kappa shape index (κ2) is 5.70. The Labute approximate surface area is 111 Å². The molecule has 0 aliphatic heterocycles. The minimum Gasteiger partial charge on any atom is -0.619 e. The second-order valence-corrected chi connectivity index (χ2v) is 5.98. The summed E-state index contributed by atoms with van der Waals surface area (Å²) in [5, 5.41) is 13.4. The molecule has 0 aliphatic rings. The monoisotopic (exact) mass is 281 g/mol. The first-order valence-electron chi connectivity index (χ1n) is 6.11. The standard InChI is InChI=1S/C13H16NO4P/c1-3-17-19(16,18-4-2)13-6-5-11-7-8-14(15)10-12(11)9-13/h5-10H,3-4H2,1-2H3. The molecule has 0 fully saturated rings. The van der Waals surface area contributed by atoms with E-state index >= 15 is 0 Å². The van der Waals surface area contributed by atoms with Gasteiger partial charge in [0.2, 0.25) is 0 Å². The zero-order valence-electron chi connectivity index (χ0n) is 10.9. The predicted molar refractivity (Wildman–Crippen MR) is 73.4 cm³/mol. The van der Waals surface area contributed by atoms with Crippen molar-refractivity contribution in [3.8, 4) is 0 Å². The van der Waals surface area contributed by atoms with Crippen molar-refractivity contribution in [1.29, 1.82) is 0 Å². The van der Waals surface area contributed by atoms with E-state index in [9.17, 15) is 9.77 Å². The largest absolute Gasteiger partial charge is 0.619 e. The van der Waals surface area contributed by atoms with Gasteiger partial charge in [0, 0.05) is 11.5 Å². The first kappa shape index (κ1) is 14.0. The van der Waals surface area contributed by atoms with Gasteiger partial charge in [-0.25, -0.2) is 0 Å². The van der Waals surface area contributed by atoms with E-state index in [2.05, 4.69) is 0 Å². The van der Waals surface area contributed by atoms with Gasteiger partial charge >= 0.3 is 7.60 Å². The lowest BCUT2D eigenvalue weighted by molar-refractivity contribution is -0.603. The van der Waals surface area contributed by atoms with Gasteiger partial charge in [-0.1, -0.05) is 6.07 Å². The van der Waals surface area contributed by atoms with Crippen molar-refractivity contribution >= 4 is 23.7 Å². The molecule has 0 amide bonds. The number of rotatable bonds is 5. The summed E-state index contributed by atoms with van der Waals surface area (Å²) in [5.41, 5.74) is 0. The van der Waals surface area contributed by atoms with E-state index in [-0.39, 0.29) is 0 Å². The number of nitrogens with zero attached hydrogens (tertiary/aromatic N) is 1. The average molecular weight is 281 g/mol. The molecular formula is C13H16NO4P. The average Bonchev–Trinajstić information content (AvgIpc) is 2.38. The number of hydrogen-bond donors (Lipinski definition) is 0. The molecule has 19 heavy (non-hydrogen) atoms. The highest BCUT2D eigenvalue weighted by Crippen LogP contribution is 2.47. The van der Waals surface area contributed by atoms with Crippen LogP contribution < -0.4 is 10.0 Å². The molecule has 6 heteroatoms. The minimum absolute atomic E-state index is 0.297. The first-order chi connectivity index (χ1) is 9.09. The Balaban J connectivity index is 2.51. The molecule has 0 saturated carbocycles. The maximum atomic E-state index is 12.6. The molecule has 1 aromatic heterocycles. The third kappa shape index (κ3) is 2.95. The zero-order valence-corrected chi connectivity index (χ0v) is 11.8. The van der Waals surface area contributed by atoms with Crippen molar-refractivity contribution in [2.24, 2.45) is 0 Å². The van der Waals surface area contributed by atoms with E-state index in [0.29, 0.717) is 28.6 Å². The van der Waals surface area contributed by atoms with E-state index in [4.69, 9.17) is 9.05 Å². The van der Waals surface area contributed by atoms with Crippen LogP contribution in [-0.2, 0) is 13.6 Å². The molecule has 102 valence electrons. The smallest absolute Gasteiger partial charge is 0.361 e. The Morgan fingerprint density at radius 1 is 1.16 bits per heavy atom. The Bertz CT molecular complexity index is 619. The molecule has 2 aromatic rings. The van der Waals surface area contributed by atoms with Gasteiger partial charge in [-0.05, 0) is 31.4 Å². The third-order valence-corrected chi connectivity index (χ3v) is 4.76. The SMILES string of the molecule is CCOP(=O)(OCC)c1ccc2cc[n+]([O-])cc2c1. The topological polar surface area (TPSA) is 62.5 Å². The Morgan fingerprint density at radius 3 is 2.47 bits per heavy atom. The summed E-state index contributed by atoms with van der Waals surface area (Å²) < 4.78 is 23.9. The van der Waals surface area contributed by atoms with Gasteiger partial charge in [-0.3, -0.25) is 4.57 Å². The van der Waals surface area contributed by atoms with Crippen molar-refractivity contribution in [2.75, 3.05) is 13.2 Å². The molecular weight excluding hydrogens is 265 g/mol. The summed E-state index contributed by atoms with van der Waals surface area (Å²) in [6, 6.07) is 6.90. The Morgan fingerprint density at radius 2 is 1.84 bits per heavy atom. The molecule has 0 spiro atoms. The van der Waals surface area contributed by atoms with Crippen molar-refractivity contribution < 1.29 is 18.3 Å². The lowest BCUT2D eigenvalue weighted by Gasteiger charge is -2.17. The van der Waals surface area contributed by atoms with Gasteiger partial charge in [0.05, 0.1) is 18.5 Å². The van der Waals surface area contributed by atoms with Gasteiger partial charge in [0.25, 0.3) is 0 Å². The molecule has 0 unspecified atom stereocenters.